The van der Waals surface area contributed by atoms with E-state index in [2.05, 4.69) is 23.0 Å². The first-order chi connectivity index (χ1) is 8.95. The summed E-state index contributed by atoms with van der Waals surface area (Å²) in [6, 6.07) is 4.87. The van der Waals surface area contributed by atoms with Crippen LogP contribution in [0.1, 0.15) is 0 Å². The molecule has 1 N–H and O–H groups in total. The first kappa shape index (κ1) is 14.8. The van der Waals surface area contributed by atoms with Crippen molar-refractivity contribution in [2.24, 2.45) is 0 Å². The third kappa shape index (κ3) is 3.10. The molecule has 1 aliphatic heterocycles. The zero-order chi connectivity index (χ0) is 14.0. The minimum absolute atomic E-state index is 0.284. The number of hydrogen-bond acceptors (Lipinski definition) is 3. The number of quaternary nitrogens is 1. The lowest BCUT2D eigenvalue weighted by molar-refractivity contribution is -0.883. The summed E-state index contributed by atoms with van der Waals surface area (Å²) in [6.07, 6.45) is 0. The Balaban J connectivity index is 2.29. The molecule has 0 aliphatic carbocycles. The monoisotopic (exact) mass is 349 g/mol. The van der Waals surface area contributed by atoms with Crippen LogP contribution in [0.3, 0.4) is 0 Å². The summed E-state index contributed by atoms with van der Waals surface area (Å²) in [5, 5.41) is 0. The number of rotatable bonds is 3. The number of likely N-dealkylation sites (N-methyl/N-ethyl adjacent to an activating group) is 1. The molecule has 0 saturated carbocycles. The van der Waals surface area contributed by atoms with Crippen molar-refractivity contribution in [2.45, 2.75) is 4.90 Å². The molecule has 0 aromatic heterocycles. The highest BCUT2D eigenvalue weighted by molar-refractivity contribution is 9.10. The minimum atomic E-state index is -3.42. The van der Waals surface area contributed by atoms with Gasteiger partial charge in [0.1, 0.15) is 5.75 Å². The molecule has 0 bridgehead atoms. The molecule has 0 atom stereocenters. The highest BCUT2D eigenvalue weighted by atomic mass is 79.9. The SMILES string of the molecule is COc1cc(S(=O)(=O)N2CC[NH+](C)CC2)ccc1Br. The number of sulfonamides is 1. The van der Waals surface area contributed by atoms with Crippen LogP contribution in [-0.4, -0.2) is 53.1 Å². The molecule has 7 heteroatoms. The molecule has 2 rings (SSSR count). The fraction of sp³-hybridized carbons (Fsp3) is 0.500. The van der Waals surface area contributed by atoms with Crippen molar-refractivity contribution in [1.82, 2.24) is 4.31 Å². The maximum atomic E-state index is 12.5. The smallest absolute Gasteiger partial charge is 0.243 e. The fourth-order valence-corrected chi connectivity index (χ4v) is 3.92. The van der Waals surface area contributed by atoms with Gasteiger partial charge in [0.15, 0.2) is 0 Å². The van der Waals surface area contributed by atoms with Crippen molar-refractivity contribution in [3.8, 4) is 5.75 Å². The second-order valence-corrected chi connectivity index (χ2v) is 7.45. The van der Waals surface area contributed by atoms with E-state index in [9.17, 15) is 8.42 Å². The Labute approximate surface area is 122 Å². The highest BCUT2D eigenvalue weighted by Crippen LogP contribution is 2.28. The van der Waals surface area contributed by atoms with Crippen LogP contribution in [0.5, 0.6) is 5.75 Å². The molecule has 0 spiro atoms. The van der Waals surface area contributed by atoms with Crippen LogP contribution in [0, 0.1) is 0 Å². The van der Waals surface area contributed by atoms with Crippen LogP contribution < -0.4 is 9.64 Å². The van der Waals surface area contributed by atoms with Gasteiger partial charge < -0.3 is 9.64 Å². The molecule has 1 aliphatic rings. The van der Waals surface area contributed by atoms with Crippen LogP contribution >= 0.6 is 15.9 Å². The molecule has 1 aromatic carbocycles. The van der Waals surface area contributed by atoms with Crippen molar-refractivity contribution in [1.29, 1.82) is 0 Å². The number of ether oxygens (including phenoxy) is 1. The van der Waals surface area contributed by atoms with Crippen LogP contribution in [0.4, 0.5) is 0 Å². The molecule has 1 heterocycles. The third-order valence-corrected chi connectivity index (χ3v) is 5.89. The number of halogens is 1. The Morgan fingerprint density at radius 2 is 1.95 bits per heavy atom. The number of nitrogens with one attached hydrogen (secondary N) is 1. The average Bonchev–Trinajstić information content (AvgIpc) is 2.39. The Morgan fingerprint density at radius 3 is 2.53 bits per heavy atom. The van der Waals surface area contributed by atoms with Gasteiger partial charge in [0, 0.05) is 6.07 Å². The number of benzene rings is 1. The second-order valence-electron chi connectivity index (χ2n) is 4.66. The number of piperazine rings is 1. The average molecular weight is 350 g/mol. The van der Waals surface area contributed by atoms with Crippen molar-refractivity contribution in [2.75, 3.05) is 40.3 Å². The quantitative estimate of drug-likeness (QED) is 0.834. The molecule has 1 aromatic rings. The second kappa shape index (κ2) is 5.78. The molecule has 1 saturated heterocycles. The molecule has 0 unspecified atom stereocenters. The Morgan fingerprint density at radius 1 is 1.32 bits per heavy atom. The standard InChI is InChI=1S/C12H17BrN2O3S/c1-14-5-7-15(8-6-14)19(16,17)10-3-4-11(13)12(9-10)18-2/h3-4,9H,5-8H2,1-2H3/p+1. The van der Waals surface area contributed by atoms with Gasteiger partial charge in [-0.2, -0.15) is 4.31 Å². The predicted molar refractivity (Wildman–Crippen MR) is 76.1 cm³/mol. The van der Waals surface area contributed by atoms with Gasteiger partial charge >= 0.3 is 0 Å². The highest BCUT2D eigenvalue weighted by Gasteiger charge is 2.29. The normalized spacial score (nSPS) is 18.5. The van der Waals surface area contributed by atoms with Gasteiger partial charge in [-0.15, -0.1) is 0 Å². The van der Waals surface area contributed by atoms with Crippen LogP contribution in [0.2, 0.25) is 0 Å². The Hall–Kier alpha value is -0.630. The Bertz CT molecular complexity index is 554. The van der Waals surface area contributed by atoms with Crippen molar-refractivity contribution in [3.05, 3.63) is 22.7 Å². The summed E-state index contributed by atoms with van der Waals surface area (Å²) < 4.78 is 32.5. The summed E-state index contributed by atoms with van der Waals surface area (Å²) in [5.74, 6) is 0.529. The largest absolute Gasteiger partial charge is 0.496 e. The summed E-state index contributed by atoms with van der Waals surface area (Å²) >= 11 is 3.32. The maximum absolute atomic E-state index is 12.5. The molecular formula is C12H18BrN2O3S+. The van der Waals surface area contributed by atoms with Crippen LogP contribution in [0.15, 0.2) is 27.6 Å². The summed E-state index contributed by atoms with van der Waals surface area (Å²) in [7, 11) is 0.184. The third-order valence-electron chi connectivity index (χ3n) is 3.34. The van der Waals surface area contributed by atoms with Crippen molar-refractivity contribution < 1.29 is 18.1 Å². The van der Waals surface area contributed by atoms with Gasteiger partial charge in [0.2, 0.25) is 10.0 Å². The van der Waals surface area contributed by atoms with Gasteiger partial charge in [-0.1, -0.05) is 0 Å². The molecular weight excluding hydrogens is 332 g/mol. The van der Waals surface area contributed by atoms with Crippen molar-refractivity contribution >= 4 is 26.0 Å². The van der Waals surface area contributed by atoms with Gasteiger partial charge in [0.05, 0.1) is 49.7 Å². The van der Waals surface area contributed by atoms with E-state index in [1.54, 1.807) is 22.5 Å². The first-order valence-corrected chi connectivity index (χ1v) is 8.33. The molecule has 19 heavy (non-hydrogen) atoms. The lowest BCUT2D eigenvalue weighted by Crippen LogP contribution is -3.12. The molecule has 1 fully saturated rings. The van der Waals surface area contributed by atoms with Gasteiger partial charge in [-0.3, -0.25) is 0 Å². The number of hydrogen-bond donors (Lipinski definition) is 1. The summed E-state index contributed by atoms with van der Waals surface area (Å²) in [6.45, 7) is 2.80. The lowest BCUT2D eigenvalue weighted by atomic mass is 10.3. The van der Waals surface area contributed by atoms with E-state index in [0.29, 0.717) is 18.8 Å². The van der Waals surface area contributed by atoms with E-state index in [-0.39, 0.29) is 4.90 Å². The zero-order valence-corrected chi connectivity index (χ0v) is 13.4. The maximum Gasteiger partial charge on any atom is 0.243 e. The molecule has 106 valence electrons. The molecule has 0 radical (unpaired) electrons. The van der Waals surface area contributed by atoms with Gasteiger partial charge in [-0.25, -0.2) is 8.42 Å². The fourth-order valence-electron chi connectivity index (χ4n) is 2.06. The number of methoxy groups -OCH3 is 1. The van der Waals surface area contributed by atoms with Crippen LogP contribution in [0.25, 0.3) is 0 Å². The lowest BCUT2D eigenvalue weighted by Gasteiger charge is -2.29. The predicted octanol–water partition coefficient (Wildman–Crippen LogP) is -0.0233. The van der Waals surface area contributed by atoms with E-state index in [1.165, 1.54) is 12.0 Å². The molecule has 0 amide bonds. The van der Waals surface area contributed by atoms with E-state index in [1.807, 2.05) is 0 Å². The summed E-state index contributed by atoms with van der Waals surface area (Å²) in [4.78, 5) is 1.65. The molecule has 5 nitrogen and oxygen atoms in total. The topological polar surface area (TPSA) is 51.1 Å². The van der Waals surface area contributed by atoms with Gasteiger partial charge in [0.25, 0.3) is 0 Å². The summed E-state index contributed by atoms with van der Waals surface area (Å²) in [5.41, 5.74) is 0. The minimum Gasteiger partial charge on any atom is -0.496 e. The van der Waals surface area contributed by atoms with Gasteiger partial charge in [-0.05, 0) is 28.1 Å². The Kier molecular flexibility index (Phi) is 4.50. The van der Waals surface area contributed by atoms with Crippen molar-refractivity contribution in [3.63, 3.8) is 0 Å². The number of nitrogens with zero attached hydrogens (tertiary/aromatic N) is 1. The van der Waals surface area contributed by atoms with E-state index in [0.717, 1.165) is 17.6 Å². The van der Waals surface area contributed by atoms with E-state index >= 15 is 0 Å². The van der Waals surface area contributed by atoms with E-state index < -0.39 is 10.0 Å². The zero-order valence-electron chi connectivity index (χ0n) is 11.0. The van der Waals surface area contributed by atoms with E-state index in [4.69, 9.17) is 4.74 Å². The first-order valence-electron chi connectivity index (χ1n) is 6.10. The van der Waals surface area contributed by atoms with Crippen LogP contribution in [-0.2, 0) is 10.0 Å².